The smallest absolute Gasteiger partial charge is 0.260 e. The van der Waals surface area contributed by atoms with Crippen LogP contribution in [0.5, 0.6) is 0 Å². The molecular formula is C13H16N2O3. The molecule has 96 valence electrons. The number of carbonyl (C=O) groups is 1. The molecular weight excluding hydrogens is 232 g/mol. The molecule has 18 heavy (non-hydrogen) atoms. The Balaban J connectivity index is 1.89. The molecule has 5 nitrogen and oxygen atoms in total. The van der Waals surface area contributed by atoms with Gasteiger partial charge in [-0.1, -0.05) is 18.2 Å². The molecule has 0 aliphatic carbocycles. The number of rotatable bonds is 5. The van der Waals surface area contributed by atoms with E-state index in [0.717, 1.165) is 16.5 Å². The van der Waals surface area contributed by atoms with Crippen LogP contribution in [0.25, 0.3) is 11.0 Å². The minimum Gasteiger partial charge on any atom is -0.464 e. The highest BCUT2D eigenvalue weighted by atomic mass is 16.5. The van der Waals surface area contributed by atoms with Gasteiger partial charge < -0.3 is 9.15 Å². The van der Waals surface area contributed by atoms with Crippen molar-refractivity contribution in [2.75, 3.05) is 20.7 Å². The van der Waals surface area contributed by atoms with E-state index in [1.807, 2.05) is 24.3 Å². The average molecular weight is 248 g/mol. The summed E-state index contributed by atoms with van der Waals surface area (Å²) in [6, 6.07) is 7.73. The van der Waals surface area contributed by atoms with E-state index in [4.69, 9.17) is 9.15 Å². The van der Waals surface area contributed by atoms with Gasteiger partial charge >= 0.3 is 0 Å². The van der Waals surface area contributed by atoms with Crippen LogP contribution in [0.1, 0.15) is 5.56 Å². The first-order chi connectivity index (χ1) is 8.66. The molecule has 0 saturated heterocycles. The maximum absolute atomic E-state index is 11.3. The third kappa shape index (κ3) is 3.09. The first-order valence-corrected chi connectivity index (χ1v) is 5.66. The van der Waals surface area contributed by atoms with Crippen LogP contribution in [0.15, 0.2) is 34.9 Å². The number of nitrogens with one attached hydrogen (secondary N) is 1. The number of ether oxygens (including phenoxy) is 1. The minimum atomic E-state index is -0.173. The number of furan rings is 1. The molecule has 1 heterocycles. The highest BCUT2D eigenvalue weighted by Crippen LogP contribution is 2.21. The lowest BCUT2D eigenvalue weighted by atomic mass is 10.2. The van der Waals surface area contributed by atoms with Gasteiger partial charge in [0.05, 0.1) is 12.9 Å². The molecule has 0 bridgehead atoms. The topological polar surface area (TPSA) is 54.7 Å². The Kier molecular flexibility index (Phi) is 3.96. The molecule has 0 aliphatic heterocycles. The zero-order valence-corrected chi connectivity index (χ0v) is 10.5. The number of benzene rings is 1. The highest BCUT2D eigenvalue weighted by Gasteiger charge is 2.07. The van der Waals surface area contributed by atoms with E-state index >= 15 is 0 Å². The molecule has 1 aromatic heterocycles. The Bertz CT molecular complexity index is 534. The summed E-state index contributed by atoms with van der Waals surface area (Å²) in [6.07, 6.45) is 1.66. The van der Waals surface area contributed by atoms with E-state index in [2.05, 4.69) is 5.43 Å². The molecule has 1 N–H and O–H groups in total. The summed E-state index contributed by atoms with van der Waals surface area (Å²) in [6.45, 7) is 0.384. The Morgan fingerprint density at radius 1 is 1.39 bits per heavy atom. The van der Waals surface area contributed by atoms with E-state index < -0.39 is 0 Å². The van der Waals surface area contributed by atoms with Gasteiger partial charge in [-0.2, -0.15) is 0 Å². The molecule has 1 aromatic carbocycles. The standard InChI is InChI=1S/C13H16N2O3/c1-15(2)14-13(16)9-17-7-10-8-18-12-6-4-3-5-11(10)12/h3-6,8H,7,9H2,1-2H3,(H,14,16). The normalized spacial score (nSPS) is 11.1. The largest absolute Gasteiger partial charge is 0.464 e. The highest BCUT2D eigenvalue weighted by molar-refractivity contribution is 5.80. The number of fused-ring (bicyclic) bond motifs is 1. The number of nitrogens with zero attached hydrogens (tertiary/aromatic N) is 1. The van der Waals surface area contributed by atoms with Crippen LogP contribution in [0, 0.1) is 0 Å². The summed E-state index contributed by atoms with van der Waals surface area (Å²) >= 11 is 0. The van der Waals surface area contributed by atoms with Crippen LogP contribution in [0.2, 0.25) is 0 Å². The van der Waals surface area contributed by atoms with Crippen molar-refractivity contribution in [3.05, 3.63) is 36.1 Å². The number of para-hydroxylation sites is 1. The molecule has 2 rings (SSSR count). The van der Waals surface area contributed by atoms with Gasteiger partial charge in [0.25, 0.3) is 5.91 Å². The summed E-state index contributed by atoms with van der Waals surface area (Å²) < 4.78 is 10.7. The van der Waals surface area contributed by atoms with Gasteiger partial charge in [-0.05, 0) is 6.07 Å². The van der Waals surface area contributed by atoms with E-state index in [0.29, 0.717) is 6.61 Å². The number of hydrogen-bond acceptors (Lipinski definition) is 4. The van der Waals surface area contributed by atoms with Crippen molar-refractivity contribution in [3.63, 3.8) is 0 Å². The van der Waals surface area contributed by atoms with Crippen LogP contribution < -0.4 is 5.43 Å². The Morgan fingerprint density at radius 3 is 2.94 bits per heavy atom. The van der Waals surface area contributed by atoms with Gasteiger partial charge in [0.1, 0.15) is 12.2 Å². The maximum atomic E-state index is 11.3. The Hall–Kier alpha value is -1.85. The maximum Gasteiger partial charge on any atom is 0.260 e. The van der Waals surface area contributed by atoms with E-state index in [-0.39, 0.29) is 12.5 Å². The zero-order chi connectivity index (χ0) is 13.0. The summed E-state index contributed by atoms with van der Waals surface area (Å²) in [5.41, 5.74) is 4.38. The Labute approximate surface area is 105 Å². The fourth-order valence-corrected chi connectivity index (χ4v) is 1.68. The van der Waals surface area contributed by atoms with Gasteiger partial charge in [0.15, 0.2) is 0 Å². The van der Waals surface area contributed by atoms with Gasteiger partial charge in [0, 0.05) is 25.0 Å². The van der Waals surface area contributed by atoms with Crippen LogP contribution in [0.4, 0.5) is 0 Å². The Morgan fingerprint density at radius 2 is 2.17 bits per heavy atom. The third-order valence-electron chi connectivity index (χ3n) is 2.40. The molecule has 5 heteroatoms. The lowest BCUT2D eigenvalue weighted by Crippen LogP contribution is -2.38. The van der Waals surface area contributed by atoms with Crippen molar-refractivity contribution in [3.8, 4) is 0 Å². The molecule has 0 unspecified atom stereocenters. The second kappa shape index (κ2) is 5.66. The quantitative estimate of drug-likeness (QED) is 0.815. The molecule has 1 amide bonds. The first kappa shape index (κ1) is 12.6. The molecule has 0 aliphatic rings. The van der Waals surface area contributed by atoms with E-state index in [1.54, 1.807) is 25.4 Å². The van der Waals surface area contributed by atoms with Crippen molar-refractivity contribution < 1.29 is 13.9 Å². The van der Waals surface area contributed by atoms with Crippen LogP contribution in [-0.4, -0.2) is 31.6 Å². The van der Waals surface area contributed by atoms with Crippen LogP contribution in [0.3, 0.4) is 0 Å². The second-order valence-electron chi connectivity index (χ2n) is 4.18. The summed E-state index contributed by atoms with van der Waals surface area (Å²) in [5.74, 6) is -0.173. The van der Waals surface area contributed by atoms with Gasteiger partial charge in [-0.3, -0.25) is 10.2 Å². The van der Waals surface area contributed by atoms with E-state index in [1.165, 1.54) is 0 Å². The zero-order valence-electron chi connectivity index (χ0n) is 10.5. The SMILES string of the molecule is CN(C)NC(=O)COCc1coc2ccccc12. The summed E-state index contributed by atoms with van der Waals surface area (Å²) in [7, 11) is 3.50. The third-order valence-corrected chi connectivity index (χ3v) is 2.40. The lowest BCUT2D eigenvalue weighted by Gasteiger charge is -2.11. The lowest BCUT2D eigenvalue weighted by molar-refractivity contribution is -0.129. The van der Waals surface area contributed by atoms with E-state index in [9.17, 15) is 4.79 Å². The molecule has 0 saturated carbocycles. The predicted octanol–water partition coefficient (Wildman–Crippen LogP) is 1.54. The van der Waals surface area contributed by atoms with Crippen molar-refractivity contribution >= 4 is 16.9 Å². The summed E-state index contributed by atoms with van der Waals surface area (Å²) in [5, 5.41) is 2.60. The molecule has 0 radical (unpaired) electrons. The van der Waals surface area contributed by atoms with Crippen molar-refractivity contribution in [1.82, 2.24) is 10.4 Å². The molecule has 2 aromatic rings. The number of amides is 1. The van der Waals surface area contributed by atoms with Gasteiger partial charge in [-0.25, -0.2) is 5.01 Å². The van der Waals surface area contributed by atoms with Crippen LogP contribution in [-0.2, 0) is 16.1 Å². The first-order valence-electron chi connectivity index (χ1n) is 5.66. The van der Waals surface area contributed by atoms with Gasteiger partial charge in [-0.15, -0.1) is 0 Å². The second-order valence-corrected chi connectivity index (χ2v) is 4.18. The average Bonchev–Trinajstić information content (AvgIpc) is 2.72. The van der Waals surface area contributed by atoms with Gasteiger partial charge in [0.2, 0.25) is 0 Å². The van der Waals surface area contributed by atoms with Crippen molar-refractivity contribution in [2.24, 2.45) is 0 Å². The predicted molar refractivity (Wildman–Crippen MR) is 67.7 cm³/mol. The number of hydrazine groups is 1. The fourth-order valence-electron chi connectivity index (χ4n) is 1.68. The minimum absolute atomic E-state index is 0.0255. The number of carbonyl (C=O) groups excluding carboxylic acids is 1. The summed E-state index contributed by atoms with van der Waals surface area (Å²) in [4.78, 5) is 11.3. The fraction of sp³-hybridized carbons (Fsp3) is 0.308. The van der Waals surface area contributed by atoms with Crippen molar-refractivity contribution in [2.45, 2.75) is 6.61 Å². The molecule has 0 atom stereocenters. The monoisotopic (exact) mass is 248 g/mol. The molecule has 0 fully saturated rings. The van der Waals surface area contributed by atoms with Crippen molar-refractivity contribution in [1.29, 1.82) is 0 Å². The molecule has 0 spiro atoms. The van der Waals surface area contributed by atoms with Crippen LogP contribution >= 0.6 is 0 Å². The number of hydrogen-bond donors (Lipinski definition) is 1.